The molecule has 1 atom stereocenters. The van der Waals surface area contributed by atoms with Crippen LogP contribution in [0.25, 0.3) is 0 Å². The van der Waals surface area contributed by atoms with Gasteiger partial charge >= 0.3 is 22.2 Å². The summed E-state index contributed by atoms with van der Waals surface area (Å²) in [5.41, 5.74) is 1.70. The number of alkyl carbamates (subject to hydrolysis) is 1. The molecule has 0 aliphatic heterocycles. The molecule has 0 bridgehead atoms. The van der Waals surface area contributed by atoms with Crippen LogP contribution >= 0.6 is 0 Å². The Morgan fingerprint density at radius 2 is 1.49 bits per heavy atom. The van der Waals surface area contributed by atoms with E-state index >= 15 is 0 Å². The summed E-state index contributed by atoms with van der Waals surface area (Å²) in [6, 6.07) is 23.7. The van der Waals surface area contributed by atoms with Gasteiger partial charge in [-0.3, -0.25) is 4.79 Å². The van der Waals surface area contributed by atoms with Gasteiger partial charge in [0.05, 0.1) is 13.5 Å². The van der Waals surface area contributed by atoms with Gasteiger partial charge in [0.2, 0.25) is 0 Å². The smallest absolute Gasteiger partial charge is 0.407 e. The SMILES string of the molecule is COC(=O)CC(CNC(=O)OCc1ccccc1)Cc1ccc(OS(=O)(=O)c2ccccc2)cc1. The Labute approximate surface area is 205 Å². The molecule has 3 aromatic carbocycles. The lowest BCUT2D eigenvalue weighted by atomic mass is 9.96. The van der Waals surface area contributed by atoms with Crippen LogP contribution in [-0.2, 0) is 37.4 Å². The number of carbonyl (C=O) groups is 2. The van der Waals surface area contributed by atoms with Crippen LogP contribution < -0.4 is 9.50 Å². The van der Waals surface area contributed by atoms with Gasteiger partial charge in [-0.15, -0.1) is 0 Å². The summed E-state index contributed by atoms with van der Waals surface area (Å²) < 4.78 is 40.0. The molecule has 0 spiro atoms. The third-order valence-electron chi connectivity index (χ3n) is 5.12. The molecule has 0 heterocycles. The highest BCUT2D eigenvalue weighted by Crippen LogP contribution is 2.21. The molecular weight excluding hydrogens is 470 g/mol. The lowest BCUT2D eigenvalue weighted by Crippen LogP contribution is -2.32. The second kappa shape index (κ2) is 12.6. The van der Waals surface area contributed by atoms with E-state index in [-0.39, 0.29) is 36.1 Å². The van der Waals surface area contributed by atoms with E-state index in [1.165, 1.54) is 19.2 Å². The van der Waals surface area contributed by atoms with E-state index in [0.29, 0.717) is 6.42 Å². The van der Waals surface area contributed by atoms with Gasteiger partial charge < -0.3 is 19.0 Å². The van der Waals surface area contributed by atoms with Gasteiger partial charge in [0, 0.05) is 6.54 Å². The zero-order chi connectivity index (χ0) is 25.1. The first kappa shape index (κ1) is 25.8. The molecule has 1 N–H and O–H groups in total. The van der Waals surface area contributed by atoms with Crippen molar-refractivity contribution in [3.63, 3.8) is 0 Å². The van der Waals surface area contributed by atoms with Gasteiger partial charge in [0.1, 0.15) is 17.3 Å². The Kier molecular flexibility index (Phi) is 9.25. The Bertz CT molecular complexity index is 1200. The van der Waals surface area contributed by atoms with E-state index in [0.717, 1.165) is 11.1 Å². The van der Waals surface area contributed by atoms with E-state index in [1.54, 1.807) is 42.5 Å². The fourth-order valence-corrected chi connectivity index (χ4v) is 4.26. The maximum Gasteiger partial charge on any atom is 0.407 e. The topological polar surface area (TPSA) is 108 Å². The number of amides is 1. The fourth-order valence-electron chi connectivity index (χ4n) is 3.31. The van der Waals surface area contributed by atoms with Gasteiger partial charge in [-0.05, 0) is 47.7 Å². The molecule has 0 saturated heterocycles. The number of nitrogens with one attached hydrogen (secondary N) is 1. The van der Waals surface area contributed by atoms with Crippen LogP contribution in [0.4, 0.5) is 4.79 Å². The molecule has 1 amide bonds. The monoisotopic (exact) mass is 497 g/mol. The van der Waals surface area contributed by atoms with Crippen LogP contribution in [0.2, 0.25) is 0 Å². The molecule has 184 valence electrons. The summed E-state index contributed by atoms with van der Waals surface area (Å²) in [6.07, 6.45) is -0.0471. The maximum atomic E-state index is 12.4. The highest BCUT2D eigenvalue weighted by atomic mass is 32.2. The molecule has 0 aromatic heterocycles. The summed E-state index contributed by atoms with van der Waals surface area (Å²) >= 11 is 0. The third-order valence-corrected chi connectivity index (χ3v) is 6.38. The number of ether oxygens (including phenoxy) is 2. The molecule has 3 rings (SSSR count). The molecule has 0 aliphatic carbocycles. The summed E-state index contributed by atoms with van der Waals surface area (Å²) in [4.78, 5) is 24.0. The van der Waals surface area contributed by atoms with Crippen molar-refractivity contribution < 1.29 is 31.7 Å². The van der Waals surface area contributed by atoms with Crippen LogP contribution in [-0.4, -0.2) is 34.1 Å². The predicted octanol–water partition coefficient (Wildman–Crippen LogP) is 4.10. The van der Waals surface area contributed by atoms with Crippen molar-refractivity contribution in [2.45, 2.75) is 24.3 Å². The normalized spacial score (nSPS) is 11.8. The number of carbonyl (C=O) groups excluding carboxylic acids is 2. The average molecular weight is 498 g/mol. The van der Waals surface area contributed by atoms with E-state index in [1.807, 2.05) is 30.3 Å². The first-order valence-corrected chi connectivity index (χ1v) is 12.4. The maximum absolute atomic E-state index is 12.4. The second-order valence-electron chi connectivity index (χ2n) is 7.79. The largest absolute Gasteiger partial charge is 0.469 e. The molecule has 0 radical (unpaired) electrons. The van der Waals surface area contributed by atoms with Crippen LogP contribution in [0.5, 0.6) is 5.75 Å². The molecule has 0 fully saturated rings. The third kappa shape index (κ3) is 8.46. The van der Waals surface area contributed by atoms with Crippen LogP contribution in [0.1, 0.15) is 17.5 Å². The number of methoxy groups -OCH3 is 1. The fraction of sp³-hybridized carbons (Fsp3) is 0.231. The quantitative estimate of drug-likeness (QED) is 0.314. The van der Waals surface area contributed by atoms with Crippen molar-refractivity contribution in [1.82, 2.24) is 5.32 Å². The highest BCUT2D eigenvalue weighted by molar-refractivity contribution is 7.87. The Balaban J connectivity index is 1.57. The number of esters is 1. The van der Waals surface area contributed by atoms with Crippen molar-refractivity contribution in [2.24, 2.45) is 5.92 Å². The molecule has 1 unspecified atom stereocenters. The first-order chi connectivity index (χ1) is 16.9. The number of rotatable bonds is 11. The van der Waals surface area contributed by atoms with E-state index < -0.39 is 22.2 Å². The highest BCUT2D eigenvalue weighted by Gasteiger charge is 2.18. The van der Waals surface area contributed by atoms with Crippen molar-refractivity contribution in [3.05, 3.63) is 96.1 Å². The molecule has 9 heteroatoms. The first-order valence-electron chi connectivity index (χ1n) is 11.0. The van der Waals surface area contributed by atoms with E-state index in [4.69, 9.17) is 13.7 Å². The molecule has 3 aromatic rings. The minimum Gasteiger partial charge on any atom is -0.469 e. The van der Waals surface area contributed by atoms with E-state index in [2.05, 4.69) is 5.32 Å². The van der Waals surface area contributed by atoms with Crippen molar-refractivity contribution in [2.75, 3.05) is 13.7 Å². The molecular formula is C26H27NO7S. The summed E-state index contributed by atoms with van der Waals surface area (Å²) in [5, 5.41) is 2.69. The summed E-state index contributed by atoms with van der Waals surface area (Å²) in [7, 11) is -2.63. The minimum atomic E-state index is -3.93. The van der Waals surface area contributed by atoms with Crippen molar-refractivity contribution in [3.8, 4) is 5.75 Å². The van der Waals surface area contributed by atoms with Crippen LogP contribution in [0.15, 0.2) is 89.8 Å². The molecule has 0 saturated carbocycles. The standard InChI is InChI=1S/C26H27NO7S/c1-32-25(28)17-22(18-27-26(29)33-19-21-8-4-2-5-9-21)16-20-12-14-23(15-13-20)34-35(30,31)24-10-6-3-7-11-24/h2-15,22H,16-19H2,1H3,(H,27,29). The lowest BCUT2D eigenvalue weighted by Gasteiger charge is -2.17. The van der Waals surface area contributed by atoms with E-state index in [9.17, 15) is 18.0 Å². The number of hydrogen-bond acceptors (Lipinski definition) is 7. The zero-order valence-electron chi connectivity index (χ0n) is 19.3. The van der Waals surface area contributed by atoms with Crippen molar-refractivity contribution in [1.29, 1.82) is 0 Å². The van der Waals surface area contributed by atoms with Crippen LogP contribution in [0, 0.1) is 5.92 Å². The van der Waals surface area contributed by atoms with Gasteiger partial charge in [0.25, 0.3) is 0 Å². The predicted molar refractivity (Wildman–Crippen MR) is 129 cm³/mol. The Morgan fingerprint density at radius 1 is 0.857 bits per heavy atom. The van der Waals surface area contributed by atoms with Gasteiger partial charge in [0.15, 0.2) is 0 Å². The lowest BCUT2D eigenvalue weighted by molar-refractivity contribution is -0.141. The number of benzene rings is 3. The Hall–Kier alpha value is -3.85. The summed E-state index contributed by atoms with van der Waals surface area (Å²) in [5.74, 6) is -0.486. The summed E-state index contributed by atoms with van der Waals surface area (Å²) in [6.45, 7) is 0.338. The second-order valence-corrected chi connectivity index (χ2v) is 9.33. The average Bonchev–Trinajstić information content (AvgIpc) is 2.88. The molecule has 8 nitrogen and oxygen atoms in total. The van der Waals surface area contributed by atoms with Gasteiger partial charge in [-0.25, -0.2) is 4.79 Å². The number of hydrogen-bond donors (Lipinski definition) is 1. The zero-order valence-corrected chi connectivity index (χ0v) is 20.1. The molecule has 35 heavy (non-hydrogen) atoms. The van der Waals surface area contributed by atoms with Crippen molar-refractivity contribution >= 4 is 22.2 Å². The Morgan fingerprint density at radius 3 is 2.11 bits per heavy atom. The van der Waals surface area contributed by atoms with Gasteiger partial charge in [-0.1, -0.05) is 60.7 Å². The van der Waals surface area contributed by atoms with Gasteiger partial charge in [-0.2, -0.15) is 8.42 Å². The molecule has 0 aliphatic rings. The van der Waals surface area contributed by atoms with Crippen LogP contribution in [0.3, 0.4) is 0 Å². The minimum absolute atomic E-state index is 0.0624.